The molecular weight excluding hydrogens is 367 g/mol. The van der Waals surface area contributed by atoms with E-state index >= 15 is 0 Å². The number of halogens is 1. The first kappa shape index (κ1) is 21.1. The highest BCUT2D eigenvalue weighted by molar-refractivity contribution is 7.88. The molecule has 0 bridgehead atoms. The molecule has 0 fully saturated rings. The van der Waals surface area contributed by atoms with Gasteiger partial charge in [-0.15, -0.1) is 0 Å². The van der Waals surface area contributed by atoms with Crippen molar-refractivity contribution >= 4 is 15.9 Å². The molecule has 0 spiro atoms. The first-order chi connectivity index (χ1) is 12.8. The summed E-state index contributed by atoms with van der Waals surface area (Å²) >= 11 is 0. The zero-order chi connectivity index (χ0) is 19.9. The van der Waals surface area contributed by atoms with Crippen LogP contribution in [0.25, 0.3) is 0 Å². The Morgan fingerprint density at radius 1 is 1.11 bits per heavy atom. The first-order valence-corrected chi connectivity index (χ1v) is 10.6. The molecule has 0 aliphatic heterocycles. The fourth-order valence-electron chi connectivity index (χ4n) is 2.69. The lowest BCUT2D eigenvalue weighted by Gasteiger charge is -2.21. The van der Waals surface area contributed by atoms with Crippen molar-refractivity contribution < 1.29 is 17.6 Å². The smallest absolute Gasteiger partial charge is 0.235 e. The van der Waals surface area contributed by atoms with Crippen LogP contribution in [0.5, 0.6) is 0 Å². The predicted octanol–water partition coefficient (Wildman–Crippen LogP) is 2.72. The van der Waals surface area contributed by atoms with E-state index in [0.29, 0.717) is 0 Å². The van der Waals surface area contributed by atoms with E-state index < -0.39 is 21.7 Å². The van der Waals surface area contributed by atoms with Gasteiger partial charge in [0.25, 0.3) is 0 Å². The maximum absolute atomic E-state index is 13.8. The zero-order valence-electron chi connectivity index (χ0n) is 15.6. The Hall–Kier alpha value is -2.25. The number of sulfonamides is 1. The molecular formula is C20H25FN2O3S. The van der Waals surface area contributed by atoms with Crippen molar-refractivity contribution in [2.45, 2.75) is 32.4 Å². The van der Waals surface area contributed by atoms with Crippen LogP contribution in [0.4, 0.5) is 4.39 Å². The Kier molecular flexibility index (Phi) is 7.50. The molecule has 0 saturated heterocycles. The van der Waals surface area contributed by atoms with Crippen molar-refractivity contribution in [1.29, 1.82) is 0 Å². The van der Waals surface area contributed by atoms with E-state index in [4.69, 9.17) is 0 Å². The normalized spacial score (nSPS) is 12.7. The highest BCUT2D eigenvalue weighted by atomic mass is 32.2. The molecule has 0 unspecified atom stereocenters. The van der Waals surface area contributed by atoms with Crippen LogP contribution in [-0.2, 0) is 27.8 Å². The molecule has 0 saturated carbocycles. The van der Waals surface area contributed by atoms with Gasteiger partial charge in [-0.3, -0.25) is 4.79 Å². The van der Waals surface area contributed by atoms with Crippen molar-refractivity contribution in [3.63, 3.8) is 0 Å². The van der Waals surface area contributed by atoms with Crippen LogP contribution < -0.4 is 5.32 Å². The van der Waals surface area contributed by atoms with E-state index in [1.807, 2.05) is 37.3 Å². The molecule has 5 nitrogen and oxygen atoms in total. The minimum Gasteiger partial charge on any atom is -0.352 e. The Morgan fingerprint density at radius 3 is 2.37 bits per heavy atom. The van der Waals surface area contributed by atoms with Gasteiger partial charge in [0.05, 0.1) is 12.8 Å². The molecule has 1 amide bonds. The van der Waals surface area contributed by atoms with Crippen LogP contribution in [0.3, 0.4) is 0 Å². The number of nitrogens with zero attached hydrogens (tertiary/aromatic N) is 1. The van der Waals surface area contributed by atoms with Crippen LogP contribution in [0.2, 0.25) is 0 Å². The Balaban J connectivity index is 1.92. The lowest BCUT2D eigenvalue weighted by Crippen LogP contribution is -2.43. The highest BCUT2D eigenvalue weighted by Gasteiger charge is 2.22. The molecule has 146 valence electrons. The number of benzene rings is 2. The average molecular weight is 392 g/mol. The number of carbonyl (C=O) groups excluding carboxylic acids is 1. The van der Waals surface area contributed by atoms with Crippen LogP contribution >= 0.6 is 0 Å². The van der Waals surface area contributed by atoms with Gasteiger partial charge in [0.15, 0.2) is 0 Å². The standard InChI is InChI=1S/C20H25FN2O3S/c1-16(12-13-17-8-4-3-5-9-17)22-20(24)15-23(27(2,25)26)14-18-10-6-7-11-19(18)21/h3-11,16H,12-15H2,1-2H3,(H,22,24)/t16-/m1/s1. The van der Waals surface area contributed by atoms with Crippen molar-refractivity contribution in [1.82, 2.24) is 9.62 Å². The fourth-order valence-corrected chi connectivity index (χ4v) is 3.41. The third-order valence-corrected chi connectivity index (χ3v) is 5.41. The van der Waals surface area contributed by atoms with Gasteiger partial charge in [-0.1, -0.05) is 48.5 Å². The maximum atomic E-state index is 13.8. The maximum Gasteiger partial charge on any atom is 0.235 e. The second-order valence-electron chi connectivity index (χ2n) is 6.62. The molecule has 2 rings (SSSR count). The summed E-state index contributed by atoms with van der Waals surface area (Å²) in [5, 5.41) is 2.81. The molecule has 1 N–H and O–H groups in total. The number of hydrogen-bond acceptors (Lipinski definition) is 3. The summed E-state index contributed by atoms with van der Waals surface area (Å²) in [5.74, 6) is -0.903. The number of nitrogens with one attached hydrogen (secondary N) is 1. The summed E-state index contributed by atoms with van der Waals surface area (Å²) in [7, 11) is -3.66. The number of carbonyl (C=O) groups is 1. The SMILES string of the molecule is C[C@H](CCc1ccccc1)NC(=O)CN(Cc1ccccc1F)S(C)(=O)=O. The molecule has 2 aromatic rings. The molecule has 1 atom stereocenters. The fraction of sp³-hybridized carbons (Fsp3) is 0.350. The van der Waals surface area contributed by atoms with Gasteiger partial charge < -0.3 is 5.32 Å². The molecule has 0 aromatic heterocycles. The molecule has 0 radical (unpaired) electrons. The number of amides is 1. The largest absolute Gasteiger partial charge is 0.352 e. The molecule has 0 aliphatic rings. The number of hydrogen-bond donors (Lipinski definition) is 1. The zero-order valence-corrected chi connectivity index (χ0v) is 16.4. The van der Waals surface area contributed by atoms with E-state index in [1.165, 1.54) is 23.8 Å². The van der Waals surface area contributed by atoms with Crippen molar-refractivity contribution in [2.75, 3.05) is 12.8 Å². The van der Waals surface area contributed by atoms with Crippen LogP contribution in [-0.4, -0.2) is 37.5 Å². The van der Waals surface area contributed by atoms with Gasteiger partial charge in [0, 0.05) is 18.2 Å². The quantitative estimate of drug-likeness (QED) is 0.714. The van der Waals surface area contributed by atoms with E-state index in [-0.39, 0.29) is 24.7 Å². The second-order valence-corrected chi connectivity index (χ2v) is 8.60. The van der Waals surface area contributed by atoms with Crippen molar-refractivity contribution in [3.8, 4) is 0 Å². The minimum absolute atomic E-state index is 0.104. The van der Waals surface area contributed by atoms with E-state index in [0.717, 1.165) is 23.4 Å². The summed E-state index contributed by atoms with van der Waals surface area (Å²) in [5.41, 5.74) is 1.41. The molecule has 27 heavy (non-hydrogen) atoms. The second kappa shape index (κ2) is 9.62. The van der Waals surface area contributed by atoms with Crippen LogP contribution in [0.15, 0.2) is 54.6 Å². The molecule has 0 heterocycles. The lowest BCUT2D eigenvalue weighted by molar-refractivity contribution is -0.122. The van der Waals surface area contributed by atoms with Gasteiger partial charge in [-0.05, 0) is 31.4 Å². The molecule has 7 heteroatoms. The average Bonchev–Trinajstić information content (AvgIpc) is 2.61. The summed E-state index contributed by atoms with van der Waals surface area (Å²) in [4.78, 5) is 12.3. The van der Waals surface area contributed by atoms with Crippen molar-refractivity contribution in [2.24, 2.45) is 0 Å². The number of aryl methyl sites for hydroxylation is 1. The summed E-state index contributed by atoms with van der Waals surface area (Å²) < 4.78 is 38.8. The Labute approximate surface area is 160 Å². The van der Waals surface area contributed by atoms with E-state index in [1.54, 1.807) is 6.07 Å². The third kappa shape index (κ3) is 7.11. The first-order valence-electron chi connectivity index (χ1n) is 8.77. The summed E-state index contributed by atoms with van der Waals surface area (Å²) in [6.45, 7) is 1.35. The van der Waals surface area contributed by atoms with Gasteiger partial charge in [-0.25, -0.2) is 12.8 Å². The summed E-state index contributed by atoms with van der Waals surface area (Å²) in [6.07, 6.45) is 2.56. The third-order valence-electron chi connectivity index (χ3n) is 4.21. The highest BCUT2D eigenvalue weighted by Crippen LogP contribution is 2.12. The van der Waals surface area contributed by atoms with Gasteiger partial charge in [-0.2, -0.15) is 4.31 Å². The van der Waals surface area contributed by atoms with Crippen molar-refractivity contribution in [3.05, 3.63) is 71.5 Å². The van der Waals surface area contributed by atoms with Gasteiger partial charge in [0.1, 0.15) is 5.82 Å². The van der Waals surface area contributed by atoms with E-state index in [9.17, 15) is 17.6 Å². The van der Waals surface area contributed by atoms with E-state index in [2.05, 4.69) is 5.32 Å². The van der Waals surface area contributed by atoms with Gasteiger partial charge >= 0.3 is 0 Å². The monoisotopic (exact) mass is 392 g/mol. The Bertz CT molecular complexity index is 857. The van der Waals surface area contributed by atoms with Crippen LogP contribution in [0.1, 0.15) is 24.5 Å². The van der Waals surface area contributed by atoms with Gasteiger partial charge in [0.2, 0.25) is 15.9 Å². The number of rotatable bonds is 9. The topological polar surface area (TPSA) is 66.5 Å². The Morgan fingerprint density at radius 2 is 1.74 bits per heavy atom. The van der Waals surface area contributed by atoms with Crippen LogP contribution in [0, 0.1) is 5.82 Å². The minimum atomic E-state index is -3.66. The summed E-state index contributed by atoms with van der Waals surface area (Å²) in [6, 6.07) is 15.8. The predicted molar refractivity (Wildman–Crippen MR) is 104 cm³/mol. The molecule has 2 aromatic carbocycles. The lowest BCUT2D eigenvalue weighted by atomic mass is 10.1. The molecule has 0 aliphatic carbocycles.